The van der Waals surface area contributed by atoms with Crippen LogP contribution >= 0.6 is 0 Å². The molecule has 0 unspecified atom stereocenters. The zero-order chi connectivity index (χ0) is 21.3. The lowest BCUT2D eigenvalue weighted by molar-refractivity contribution is 0.0722. The third-order valence-corrected chi connectivity index (χ3v) is 7.72. The van der Waals surface area contributed by atoms with Crippen molar-refractivity contribution in [3.63, 3.8) is 0 Å². The number of nitrogens with one attached hydrogen (secondary N) is 1. The molecule has 2 fully saturated rings. The van der Waals surface area contributed by atoms with E-state index in [1.165, 1.54) is 10.5 Å². The second-order valence-corrected chi connectivity index (χ2v) is 9.77. The van der Waals surface area contributed by atoms with E-state index in [0.29, 0.717) is 43.3 Å². The largest absolute Gasteiger partial charge is 0.339 e. The van der Waals surface area contributed by atoms with E-state index in [9.17, 15) is 22.0 Å². The van der Waals surface area contributed by atoms with E-state index in [4.69, 9.17) is 0 Å². The van der Waals surface area contributed by atoms with Crippen molar-refractivity contribution in [1.82, 2.24) is 19.4 Å². The van der Waals surface area contributed by atoms with E-state index in [0.717, 1.165) is 31.4 Å². The quantitative estimate of drug-likeness (QED) is 0.795. The molecule has 10 heteroatoms. The summed E-state index contributed by atoms with van der Waals surface area (Å²) in [5.41, 5.74) is 1.12. The number of piperidine rings is 2. The lowest BCUT2D eigenvalue weighted by Gasteiger charge is -2.32. The highest BCUT2D eigenvalue weighted by Crippen LogP contribution is 2.32. The number of aromatic nitrogens is 2. The summed E-state index contributed by atoms with van der Waals surface area (Å²) in [6.07, 6.45) is 5.86. The van der Waals surface area contributed by atoms with Crippen LogP contribution < -0.4 is 0 Å². The zero-order valence-electron chi connectivity index (χ0n) is 16.5. The van der Waals surface area contributed by atoms with Gasteiger partial charge in [0.15, 0.2) is 11.6 Å². The van der Waals surface area contributed by atoms with E-state index in [-0.39, 0.29) is 29.8 Å². The average Bonchev–Trinajstić information content (AvgIpc) is 3.25. The minimum absolute atomic E-state index is 0.0842. The summed E-state index contributed by atoms with van der Waals surface area (Å²) >= 11 is 0. The predicted octanol–water partition coefficient (Wildman–Crippen LogP) is 2.88. The van der Waals surface area contributed by atoms with Crippen LogP contribution in [-0.4, -0.2) is 59.9 Å². The van der Waals surface area contributed by atoms with Gasteiger partial charge in [-0.25, -0.2) is 17.2 Å². The maximum atomic E-state index is 13.6. The molecule has 1 amide bonds. The van der Waals surface area contributed by atoms with Gasteiger partial charge in [-0.3, -0.25) is 9.89 Å². The Labute approximate surface area is 174 Å². The number of aromatic amines is 1. The lowest BCUT2D eigenvalue weighted by atomic mass is 9.93. The number of rotatable bonds is 4. The number of sulfonamides is 1. The Morgan fingerprint density at radius 1 is 1.07 bits per heavy atom. The van der Waals surface area contributed by atoms with Gasteiger partial charge >= 0.3 is 0 Å². The molecule has 162 valence electrons. The molecule has 30 heavy (non-hydrogen) atoms. The predicted molar refractivity (Wildman–Crippen MR) is 105 cm³/mol. The Kier molecular flexibility index (Phi) is 5.88. The number of amides is 1. The van der Waals surface area contributed by atoms with Crippen LogP contribution in [0.15, 0.2) is 29.3 Å². The summed E-state index contributed by atoms with van der Waals surface area (Å²) in [5, 5.41) is 6.94. The number of nitrogens with zero attached hydrogens (tertiary/aromatic N) is 3. The first-order valence-electron chi connectivity index (χ1n) is 10.2. The molecule has 2 aromatic rings. The molecular weight excluding hydrogens is 414 g/mol. The first kappa shape index (κ1) is 20.9. The van der Waals surface area contributed by atoms with Gasteiger partial charge in [-0.2, -0.15) is 9.40 Å². The summed E-state index contributed by atoms with van der Waals surface area (Å²) in [7, 11) is -3.98. The monoisotopic (exact) mass is 438 g/mol. The highest BCUT2D eigenvalue weighted by molar-refractivity contribution is 7.89. The zero-order valence-corrected chi connectivity index (χ0v) is 17.3. The van der Waals surface area contributed by atoms with Crippen molar-refractivity contribution in [3.8, 4) is 0 Å². The van der Waals surface area contributed by atoms with Gasteiger partial charge in [0.25, 0.3) is 5.91 Å². The molecule has 0 bridgehead atoms. The van der Waals surface area contributed by atoms with E-state index < -0.39 is 21.7 Å². The molecule has 0 aliphatic carbocycles. The average molecular weight is 439 g/mol. The number of benzene rings is 1. The number of halogens is 2. The van der Waals surface area contributed by atoms with Gasteiger partial charge in [-0.15, -0.1) is 0 Å². The van der Waals surface area contributed by atoms with Crippen molar-refractivity contribution >= 4 is 15.9 Å². The Morgan fingerprint density at radius 2 is 1.83 bits per heavy atom. The third kappa shape index (κ3) is 3.98. The summed E-state index contributed by atoms with van der Waals surface area (Å²) < 4.78 is 54.0. The molecule has 1 atom stereocenters. The molecule has 0 spiro atoms. The normalized spacial score (nSPS) is 21.0. The van der Waals surface area contributed by atoms with Crippen LogP contribution in [-0.2, 0) is 10.0 Å². The van der Waals surface area contributed by atoms with Crippen LogP contribution in [0, 0.1) is 11.6 Å². The van der Waals surface area contributed by atoms with Crippen LogP contribution in [0.5, 0.6) is 0 Å². The van der Waals surface area contributed by atoms with Gasteiger partial charge in [0, 0.05) is 32.1 Å². The molecule has 3 heterocycles. The number of H-pyrrole nitrogens is 1. The molecule has 1 N–H and O–H groups in total. The van der Waals surface area contributed by atoms with Gasteiger partial charge < -0.3 is 4.90 Å². The molecule has 1 aromatic heterocycles. The lowest BCUT2D eigenvalue weighted by Crippen LogP contribution is -2.40. The van der Waals surface area contributed by atoms with Crippen molar-refractivity contribution in [2.45, 2.75) is 42.9 Å². The molecule has 2 aliphatic heterocycles. The highest BCUT2D eigenvalue weighted by atomic mass is 32.2. The Bertz CT molecular complexity index is 1030. The molecule has 0 saturated carbocycles. The van der Waals surface area contributed by atoms with Crippen LogP contribution in [0.3, 0.4) is 0 Å². The molecule has 1 aromatic carbocycles. The fourth-order valence-corrected chi connectivity index (χ4v) is 5.76. The maximum absolute atomic E-state index is 13.6. The SMILES string of the molecule is O=C(c1cn[nH]c1[C@@H]1CCCN(S(=O)(=O)c2ccc(F)c(F)c2)C1)N1CCCCC1. The molecule has 7 nitrogen and oxygen atoms in total. The fourth-order valence-electron chi connectivity index (χ4n) is 4.23. The van der Waals surface area contributed by atoms with Crippen molar-refractivity contribution in [1.29, 1.82) is 0 Å². The van der Waals surface area contributed by atoms with Crippen molar-refractivity contribution in [2.24, 2.45) is 0 Å². The fraction of sp³-hybridized carbons (Fsp3) is 0.500. The van der Waals surface area contributed by atoms with E-state index in [2.05, 4.69) is 10.2 Å². The smallest absolute Gasteiger partial charge is 0.257 e. The Hall–Kier alpha value is -2.33. The van der Waals surface area contributed by atoms with Crippen LogP contribution in [0.4, 0.5) is 8.78 Å². The molecular formula is C20H24F2N4O3S. The Morgan fingerprint density at radius 3 is 2.57 bits per heavy atom. The third-order valence-electron chi connectivity index (χ3n) is 5.86. The summed E-state index contributed by atoms with van der Waals surface area (Å²) in [4.78, 5) is 14.5. The van der Waals surface area contributed by atoms with Crippen LogP contribution in [0.2, 0.25) is 0 Å². The highest BCUT2D eigenvalue weighted by Gasteiger charge is 2.34. The first-order chi connectivity index (χ1) is 14.4. The van der Waals surface area contributed by atoms with Crippen molar-refractivity contribution < 1.29 is 22.0 Å². The van der Waals surface area contributed by atoms with Gasteiger partial charge in [0.1, 0.15) is 0 Å². The van der Waals surface area contributed by atoms with Crippen molar-refractivity contribution in [3.05, 3.63) is 47.3 Å². The Balaban J connectivity index is 1.55. The van der Waals surface area contributed by atoms with E-state index in [1.807, 2.05) is 4.90 Å². The van der Waals surface area contributed by atoms with E-state index >= 15 is 0 Å². The topological polar surface area (TPSA) is 86.4 Å². The summed E-state index contributed by atoms with van der Waals surface area (Å²) in [6, 6.07) is 2.59. The van der Waals surface area contributed by atoms with Gasteiger partial charge in [0.05, 0.1) is 22.3 Å². The standard InChI is InChI=1S/C20H24F2N4O3S/c21-17-7-6-15(11-18(17)22)30(28,29)26-10-4-5-14(13-26)19-16(12-23-24-19)20(27)25-8-2-1-3-9-25/h6-7,11-12,14H,1-5,8-10,13H2,(H,23,24)/t14-/m1/s1. The van der Waals surface area contributed by atoms with E-state index in [1.54, 1.807) is 0 Å². The second-order valence-electron chi connectivity index (χ2n) is 7.83. The number of hydrogen-bond acceptors (Lipinski definition) is 4. The summed E-state index contributed by atoms with van der Waals surface area (Å²) in [5.74, 6) is -2.61. The maximum Gasteiger partial charge on any atom is 0.257 e. The van der Waals surface area contributed by atoms with Crippen LogP contribution in [0.1, 0.15) is 54.1 Å². The van der Waals surface area contributed by atoms with Gasteiger partial charge in [-0.1, -0.05) is 0 Å². The van der Waals surface area contributed by atoms with Crippen molar-refractivity contribution in [2.75, 3.05) is 26.2 Å². The minimum atomic E-state index is -3.98. The van der Waals surface area contributed by atoms with Gasteiger partial charge in [-0.05, 0) is 50.3 Å². The molecule has 2 saturated heterocycles. The number of hydrogen-bond donors (Lipinski definition) is 1. The number of likely N-dealkylation sites (tertiary alicyclic amines) is 1. The second kappa shape index (κ2) is 8.43. The summed E-state index contributed by atoms with van der Waals surface area (Å²) in [6.45, 7) is 1.85. The van der Waals surface area contributed by atoms with Gasteiger partial charge in [0.2, 0.25) is 10.0 Å². The number of carbonyl (C=O) groups is 1. The number of carbonyl (C=O) groups excluding carboxylic acids is 1. The minimum Gasteiger partial charge on any atom is -0.339 e. The molecule has 2 aliphatic rings. The van der Waals surface area contributed by atoms with Crippen LogP contribution in [0.25, 0.3) is 0 Å². The molecule has 4 rings (SSSR count). The first-order valence-corrected chi connectivity index (χ1v) is 11.6. The molecule has 0 radical (unpaired) electrons.